The number of rotatable bonds is 4. The van der Waals surface area contributed by atoms with Gasteiger partial charge in [0.15, 0.2) is 6.29 Å². The third-order valence-electron chi connectivity index (χ3n) is 1.72. The first-order chi connectivity index (χ1) is 7.69. The SMILES string of the molecule is COC(=O)/C(Cl)=N/Nc1ccccc1C=O. The van der Waals surface area contributed by atoms with Gasteiger partial charge in [0.2, 0.25) is 5.17 Å². The fourth-order valence-electron chi connectivity index (χ4n) is 0.941. The number of methoxy groups -OCH3 is 1. The van der Waals surface area contributed by atoms with E-state index in [1.54, 1.807) is 24.3 Å². The maximum Gasteiger partial charge on any atom is 0.370 e. The van der Waals surface area contributed by atoms with Gasteiger partial charge in [0, 0.05) is 5.56 Å². The third kappa shape index (κ3) is 3.06. The van der Waals surface area contributed by atoms with Crippen LogP contribution < -0.4 is 5.43 Å². The van der Waals surface area contributed by atoms with Crippen molar-refractivity contribution in [1.82, 2.24) is 0 Å². The predicted molar refractivity (Wildman–Crippen MR) is 60.8 cm³/mol. The molecule has 1 N–H and O–H groups in total. The molecule has 0 aliphatic heterocycles. The van der Waals surface area contributed by atoms with Crippen molar-refractivity contribution in [3.05, 3.63) is 29.8 Å². The first-order valence-corrected chi connectivity index (χ1v) is 4.68. The third-order valence-corrected chi connectivity index (χ3v) is 1.95. The number of hydrazone groups is 1. The number of nitrogens with one attached hydrogen (secondary N) is 1. The molecule has 0 fully saturated rings. The summed E-state index contributed by atoms with van der Waals surface area (Å²) in [6.45, 7) is 0. The van der Waals surface area contributed by atoms with Gasteiger partial charge >= 0.3 is 5.97 Å². The molecule has 0 radical (unpaired) electrons. The van der Waals surface area contributed by atoms with E-state index in [2.05, 4.69) is 15.3 Å². The number of nitrogens with zero attached hydrogens (tertiary/aromatic N) is 1. The molecular formula is C10H9ClN2O3. The average Bonchev–Trinajstić information content (AvgIpc) is 2.35. The van der Waals surface area contributed by atoms with Crippen molar-refractivity contribution < 1.29 is 14.3 Å². The first kappa shape index (κ1) is 12.2. The maximum atomic E-state index is 10.9. The lowest BCUT2D eigenvalue weighted by molar-refractivity contribution is -0.132. The number of hydrogen-bond donors (Lipinski definition) is 1. The van der Waals surface area contributed by atoms with Crippen molar-refractivity contribution in [2.75, 3.05) is 12.5 Å². The van der Waals surface area contributed by atoms with Gasteiger partial charge in [0.1, 0.15) is 0 Å². The highest BCUT2D eigenvalue weighted by Gasteiger charge is 2.07. The van der Waals surface area contributed by atoms with Crippen LogP contribution in [0.25, 0.3) is 0 Å². The largest absolute Gasteiger partial charge is 0.464 e. The van der Waals surface area contributed by atoms with E-state index in [1.807, 2.05) is 0 Å². The molecule has 0 atom stereocenters. The van der Waals surface area contributed by atoms with Crippen LogP contribution in [0, 0.1) is 0 Å². The molecule has 0 bridgehead atoms. The van der Waals surface area contributed by atoms with E-state index in [0.29, 0.717) is 17.5 Å². The zero-order chi connectivity index (χ0) is 12.0. The highest BCUT2D eigenvalue weighted by atomic mass is 35.5. The Morgan fingerprint density at radius 3 is 2.81 bits per heavy atom. The number of ether oxygens (including phenoxy) is 1. The second-order valence-electron chi connectivity index (χ2n) is 2.71. The van der Waals surface area contributed by atoms with Crippen molar-refractivity contribution in [3.63, 3.8) is 0 Å². The summed E-state index contributed by atoms with van der Waals surface area (Å²) in [5, 5.41) is 3.23. The van der Waals surface area contributed by atoms with Crippen molar-refractivity contribution >= 4 is 34.7 Å². The fraction of sp³-hybridized carbons (Fsp3) is 0.100. The fourth-order valence-corrected chi connectivity index (χ4v) is 1.06. The first-order valence-electron chi connectivity index (χ1n) is 4.30. The highest BCUT2D eigenvalue weighted by molar-refractivity contribution is 6.82. The van der Waals surface area contributed by atoms with Crippen molar-refractivity contribution in [2.24, 2.45) is 5.10 Å². The molecule has 0 aliphatic carbocycles. The molecule has 0 saturated heterocycles. The predicted octanol–water partition coefficient (Wildman–Crippen LogP) is 1.64. The molecule has 0 aromatic heterocycles. The molecule has 16 heavy (non-hydrogen) atoms. The van der Waals surface area contributed by atoms with Crippen molar-refractivity contribution in [2.45, 2.75) is 0 Å². The van der Waals surface area contributed by atoms with Gasteiger partial charge in [0.05, 0.1) is 12.8 Å². The lowest BCUT2D eigenvalue weighted by atomic mass is 10.2. The van der Waals surface area contributed by atoms with E-state index in [4.69, 9.17) is 11.6 Å². The van der Waals surface area contributed by atoms with Crippen LogP contribution in [0.5, 0.6) is 0 Å². The summed E-state index contributed by atoms with van der Waals surface area (Å²) in [6, 6.07) is 6.67. The molecule has 1 aromatic carbocycles. The standard InChI is InChI=1S/C10H9ClN2O3/c1-16-10(15)9(11)13-12-8-5-3-2-4-7(8)6-14/h2-6,12H,1H3/b13-9-. The Labute approximate surface area is 97.0 Å². The van der Waals surface area contributed by atoms with Crippen LogP contribution in [0.3, 0.4) is 0 Å². The number of aldehydes is 1. The van der Waals surface area contributed by atoms with Crippen LogP contribution in [-0.4, -0.2) is 24.5 Å². The molecule has 1 rings (SSSR count). The van der Waals surface area contributed by atoms with Gasteiger partial charge in [-0.25, -0.2) is 4.79 Å². The highest BCUT2D eigenvalue weighted by Crippen LogP contribution is 2.12. The summed E-state index contributed by atoms with van der Waals surface area (Å²) < 4.78 is 4.35. The Balaban J connectivity index is 2.81. The minimum absolute atomic E-state index is 0.344. The smallest absolute Gasteiger partial charge is 0.370 e. The molecule has 6 heteroatoms. The van der Waals surface area contributed by atoms with E-state index >= 15 is 0 Å². The molecule has 84 valence electrons. The number of benzene rings is 1. The van der Waals surface area contributed by atoms with Crippen LogP contribution in [0.4, 0.5) is 5.69 Å². The Hall–Kier alpha value is -1.88. The van der Waals surface area contributed by atoms with Gasteiger partial charge in [-0.2, -0.15) is 5.10 Å². The zero-order valence-electron chi connectivity index (χ0n) is 8.44. The van der Waals surface area contributed by atoms with E-state index in [0.717, 1.165) is 0 Å². The number of anilines is 1. The summed E-state index contributed by atoms with van der Waals surface area (Å²) in [5.41, 5.74) is 3.38. The second kappa shape index (κ2) is 5.87. The molecular weight excluding hydrogens is 232 g/mol. The van der Waals surface area contributed by atoms with Gasteiger partial charge in [0.25, 0.3) is 0 Å². The lowest BCUT2D eigenvalue weighted by Gasteiger charge is -2.03. The van der Waals surface area contributed by atoms with Gasteiger partial charge in [-0.05, 0) is 12.1 Å². The van der Waals surface area contributed by atoms with Gasteiger partial charge in [-0.1, -0.05) is 23.7 Å². The van der Waals surface area contributed by atoms with Crippen LogP contribution >= 0.6 is 11.6 Å². The number of hydrogen-bond acceptors (Lipinski definition) is 5. The Morgan fingerprint density at radius 2 is 2.19 bits per heavy atom. The minimum atomic E-state index is -0.752. The number of halogens is 1. The molecule has 0 spiro atoms. The lowest BCUT2D eigenvalue weighted by Crippen LogP contribution is -2.11. The Kier molecular flexibility index (Phi) is 4.47. The average molecular weight is 241 g/mol. The second-order valence-corrected chi connectivity index (χ2v) is 3.07. The van der Waals surface area contributed by atoms with Crippen LogP contribution in [0.1, 0.15) is 10.4 Å². The number of para-hydroxylation sites is 1. The monoisotopic (exact) mass is 240 g/mol. The van der Waals surface area contributed by atoms with Crippen LogP contribution in [-0.2, 0) is 9.53 Å². The zero-order valence-corrected chi connectivity index (χ0v) is 9.19. The molecule has 0 aliphatic rings. The normalized spacial score (nSPS) is 10.8. The van der Waals surface area contributed by atoms with Gasteiger partial charge in [-0.15, -0.1) is 0 Å². The molecule has 0 amide bonds. The van der Waals surface area contributed by atoms with Gasteiger partial charge in [-0.3, -0.25) is 10.2 Å². The summed E-state index contributed by atoms with van der Waals surface area (Å²) in [4.78, 5) is 21.5. The number of carbonyl (C=O) groups is 2. The van der Waals surface area contributed by atoms with Crippen LogP contribution in [0.2, 0.25) is 0 Å². The Bertz CT molecular complexity index is 432. The van der Waals surface area contributed by atoms with Gasteiger partial charge < -0.3 is 4.74 Å². The van der Waals surface area contributed by atoms with Crippen LogP contribution in [0.15, 0.2) is 29.4 Å². The van der Waals surface area contributed by atoms with E-state index in [-0.39, 0.29) is 5.17 Å². The summed E-state index contributed by atoms with van der Waals surface area (Å²) in [7, 11) is 1.19. The quantitative estimate of drug-likeness (QED) is 0.376. The molecule has 0 heterocycles. The summed E-state index contributed by atoms with van der Waals surface area (Å²) in [6.07, 6.45) is 0.671. The summed E-state index contributed by atoms with van der Waals surface area (Å²) in [5.74, 6) is -0.752. The van der Waals surface area contributed by atoms with Crippen molar-refractivity contribution in [1.29, 1.82) is 0 Å². The molecule has 5 nitrogen and oxygen atoms in total. The maximum absolute atomic E-state index is 10.9. The number of carbonyl (C=O) groups excluding carboxylic acids is 2. The molecule has 0 unspecified atom stereocenters. The van der Waals surface area contributed by atoms with Crippen molar-refractivity contribution in [3.8, 4) is 0 Å². The van der Waals surface area contributed by atoms with E-state index in [9.17, 15) is 9.59 Å². The Morgan fingerprint density at radius 1 is 1.50 bits per heavy atom. The topological polar surface area (TPSA) is 67.8 Å². The molecule has 1 aromatic rings. The summed E-state index contributed by atoms with van der Waals surface area (Å²) >= 11 is 5.50. The van der Waals surface area contributed by atoms with E-state index in [1.165, 1.54) is 7.11 Å². The molecule has 0 saturated carbocycles. The number of esters is 1. The minimum Gasteiger partial charge on any atom is -0.464 e. The van der Waals surface area contributed by atoms with E-state index < -0.39 is 5.97 Å².